The van der Waals surface area contributed by atoms with Crippen molar-refractivity contribution < 1.29 is 4.92 Å². The van der Waals surface area contributed by atoms with E-state index in [-0.39, 0.29) is 17.8 Å². The molecule has 1 aromatic carbocycles. The fourth-order valence-corrected chi connectivity index (χ4v) is 3.04. The van der Waals surface area contributed by atoms with E-state index in [1.165, 1.54) is 10.7 Å². The summed E-state index contributed by atoms with van der Waals surface area (Å²) in [6.07, 6.45) is 4.86. The molecule has 0 amide bonds. The van der Waals surface area contributed by atoms with Crippen molar-refractivity contribution in [2.75, 3.05) is 0 Å². The van der Waals surface area contributed by atoms with Crippen LogP contribution in [-0.2, 0) is 6.54 Å². The van der Waals surface area contributed by atoms with Gasteiger partial charge in [0.05, 0.1) is 16.9 Å². The molecule has 8 heteroatoms. The molecule has 4 aromatic rings. The third-order valence-corrected chi connectivity index (χ3v) is 4.48. The molecule has 0 aliphatic rings. The molecule has 0 atom stereocenters. The zero-order valence-corrected chi connectivity index (χ0v) is 14.9. The maximum atomic E-state index is 12.9. The molecule has 138 valence electrons. The van der Waals surface area contributed by atoms with Crippen molar-refractivity contribution in [3.8, 4) is 11.3 Å². The van der Waals surface area contributed by atoms with E-state index in [2.05, 4.69) is 15.1 Å². The smallest absolute Gasteiger partial charge is 0.267 e. The molecule has 0 radical (unpaired) electrons. The summed E-state index contributed by atoms with van der Waals surface area (Å²) >= 11 is 0. The zero-order valence-electron chi connectivity index (χ0n) is 14.9. The molecule has 0 fully saturated rings. The van der Waals surface area contributed by atoms with Crippen LogP contribution >= 0.6 is 0 Å². The van der Waals surface area contributed by atoms with Crippen molar-refractivity contribution in [2.24, 2.45) is 0 Å². The molecule has 0 saturated heterocycles. The number of rotatable bonds is 4. The Morgan fingerprint density at radius 2 is 1.89 bits per heavy atom. The Hall–Kier alpha value is -3.94. The van der Waals surface area contributed by atoms with Gasteiger partial charge in [0.2, 0.25) is 0 Å². The minimum Gasteiger partial charge on any atom is -0.267 e. The number of benzene rings is 1. The summed E-state index contributed by atoms with van der Waals surface area (Å²) in [7, 11) is 0. The minimum atomic E-state index is -0.429. The Balaban J connectivity index is 1.96. The summed E-state index contributed by atoms with van der Waals surface area (Å²) in [6.45, 7) is 1.93. The van der Waals surface area contributed by atoms with Crippen LogP contribution in [0.2, 0.25) is 0 Å². The predicted octanol–water partition coefficient (Wildman–Crippen LogP) is 3.12. The Morgan fingerprint density at radius 1 is 1.11 bits per heavy atom. The van der Waals surface area contributed by atoms with E-state index in [0.717, 1.165) is 5.56 Å². The van der Waals surface area contributed by atoms with Crippen LogP contribution in [0.4, 0.5) is 5.69 Å². The summed E-state index contributed by atoms with van der Waals surface area (Å²) in [6, 6.07) is 11.9. The van der Waals surface area contributed by atoms with Gasteiger partial charge in [-0.05, 0) is 36.8 Å². The maximum absolute atomic E-state index is 12.9. The van der Waals surface area contributed by atoms with Gasteiger partial charge in [-0.3, -0.25) is 24.9 Å². The van der Waals surface area contributed by atoms with Gasteiger partial charge < -0.3 is 0 Å². The Kier molecular flexibility index (Phi) is 4.36. The highest BCUT2D eigenvalue weighted by atomic mass is 16.6. The van der Waals surface area contributed by atoms with E-state index in [4.69, 9.17) is 0 Å². The maximum Gasteiger partial charge on any atom is 0.276 e. The van der Waals surface area contributed by atoms with E-state index >= 15 is 0 Å². The SMILES string of the molecule is Cc1ccc(-c2nn(Cc3ccncc3)c(=O)c3cccnc23)cc1[N+](=O)[O-]. The third-order valence-electron chi connectivity index (χ3n) is 4.48. The normalized spacial score (nSPS) is 10.9. The second kappa shape index (κ2) is 6.99. The highest BCUT2D eigenvalue weighted by molar-refractivity contribution is 5.90. The summed E-state index contributed by atoms with van der Waals surface area (Å²) in [5.41, 5.74) is 2.51. The van der Waals surface area contributed by atoms with Gasteiger partial charge in [0, 0.05) is 35.8 Å². The fourth-order valence-electron chi connectivity index (χ4n) is 3.04. The average molecular weight is 373 g/mol. The largest absolute Gasteiger partial charge is 0.276 e. The van der Waals surface area contributed by atoms with Crippen LogP contribution in [0.1, 0.15) is 11.1 Å². The van der Waals surface area contributed by atoms with Gasteiger partial charge in [-0.1, -0.05) is 12.1 Å². The molecule has 0 N–H and O–H groups in total. The highest BCUT2D eigenvalue weighted by Gasteiger charge is 2.17. The number of nitrogens with zero attached hydrogens (tertiary/aromatic N) is 5. The highest BCUT2D eigenvalue weighted by Crippen LogP contribution is 2.28. The Bertz CT molecular complexity index is 1250. The van der Waals surface area contributed by atoms with Crippen molar-refractivity contribution in [3.63, 3.8) is 0 Å². The molecule has 3 aromatic heterocycles. The van der Waals surface area contributed by atoms with Crippen LogP contribution in [0, 0.1) is 17.0 Å². The molecule has 0 unspecified atom stereocenters. The lowest BCUT2D eigenvalue weighted by atomic mass is 10.1. The van der Waals surface area contributed by atoms with Crippen LogP contribution in [-0.4, -0.2) is 24.7 Å². The molecule has 0 aliphatic carbocycles. The van der Waals surface area contributed by atoms with Gasteiger partial charge in [-0.25, -0.2) is 4.68 Å². The number of fused-ring (bicyclic) bond motifs is 1. The van der Waals surface area contributed by atoms with Gasteiger partial charge >= 0.3 is 0 Å². The quantitative estimate of drug-likeness (QED) is 0.402. The lowest BCUT2D eigenvalue weighted by Crippen LogP contribution is -2.24. The average Bonchev–Trinajstić information content (AvgIpc) is 2.71. The molecule has 8 nitrogen and oxygen atoms in total. The van der Waals surface area contributed by atoms with Crippen molar-refractivity contribution in [1.29, 1.82) is 0 Å². The van der Waals surface area contributed by atoms with Crippen LogP contribution in [0.25, 0.3) is 22.2 Å². The fraction of sp³-hybridized carbons (Fsp3) is 0.100. The molecule has 0 aliphatic heterocycles. The predicted molar refractivity (Wildman–Crippen MR) is 104 cm³/mol. The molecule has 0 bridgehead atoms. The van der Waals surface area contributed by atoms with Crippen molar-refractivity contribution in [3.05, 3.63) is 92.7 Å². The van der Waals surface area contributed by atoms with E-state index < -0.39 is 4.92 Å². The van der Waals surface area contributed by atoms with Gasteiger partial charge in [-0.15, -0.1) is 0 Å². The second-order valence-electron chi connectivity index (χ2n) is 6.32. The lowest BCUT2D eigenvalue weighted by Gasteiger charge is -2.11. The summed E-state index contributed by atoms with van der Waals surface area (Å²) < 4.78 is 1.35. The first-order valence-corrected chi connectivity index (χ1v) is 8.55. The van der Waals surface area contributed by atoms with Crippen molar-refractivity contribution in [1.82, 2.24) is 19.7 Å². The van der Waals surface area contributed by atoms with Crippen molar-refractivity contribution in [2.45, 2.75) is 13.5 Å². The lowest BCUT2D eigenvalue weighted by molar-refractivity contribution is -0.385. The Labute approximate surface area is 159 Å². The van der Waals surface area contributed by atoms with Crippen LogP contribution in [0.15, 0.2) is 65.8 Å². The monoisotopic (exact) mass is 373 g/mol. The molecular formula is C20H15N5O3. The standard InChI is InChI=1S/C20H15N5O3/c1-13-4-5-15(11-17(13)25(27)28)18-19-16(3-2-8-22-19)20(26)24(23-18)12-14-6-9-21-10-7-14/h2-11H,12H2,1H3. The number of aromatic nitrogens is 4. The molecular weight excluding hydrogens is 358 g/mol. The number of hydrogen-bond donors (Lipinski definition) is 0. The number of pyridine rings is 2. The van der Waals surface area contributed by atoms with E-state index in [1.54, 1.807) is 61.9 Å². The zero-order chi connectivity index (χ0) is 19.7. The first kappa shape index (κ1) is 17.5. The van der Waals surface area contributed by atoms with Gasteiger partial charge in [0.15, 0.2) is 0 Å². The first-order valence-electron chi connectivity index (χ1n) is 8.55. The minimum absolute atomic E-state index is 0.00438. The van der Waals surface area contributed by atoms with E-state index in [1.807, 2.05) is 0 Å². The van der Waals surface area contributed by atoms with Crippen LogP contribution in [0.5, 0.6) is 0 Å². The number of nitro groups is 1. The number of hydrogen-bond acceptors (Lipinski definition) is 6. The van der Waals surface area contributed by atoms with Gasteiger partial charge in [0.1, 0.15) is 11.2 Å². The summed E-state index contributed by atoms with van der Waals surface area (Å²) in [5.74, 6) is 0. The summed E-state index contributed by atoms with van der Waals surface area (Å²) in [4.78, 5) is 32.1. The van der Waals surface area contributed by atoms with Crippen LogP contribution in [0.3, 0.4) is 0 Å². The molecule has 3 heterocycles. The topological polar surface area (TPSA) is 104 Å². The Morgan fingerprint density at radius 3 is 2.64 bits per heavy atom. The first-order chi connectivity index (χ1) is 13.5. The van der Waals surface area contributed by atoms with Crippen molar-refractivity contribution >= 4 is 16.6 Å². The molecule has 0 spiro atoms. The summed E-state index contributed by atoms with van der Waals surface area (Å²) in [5, 5.41) is 16.2. The molecule has 28 heavy (non-hydrogen) atoms. The van der Waals surface area contributed by atoms with Crippen LogP contribution < -0.4 is 5.56 Å². The number of aryl methyl sites for hydroxylation is 1. The van der Waals surface area contributed by atoms with Gasteiger partial charge in [-0.2, -0.15) is 5.10 Å². The third kappa shape index (κ3) is 3.11. The van der Waals surface area contributed by atoms with E-state index in [9.17, 15) is 14.9 Å². The molecule has 0 saturated carbocycles. The number of nitro benzene ring substituents is 1. The second-order valence-corrected chi connectivity index (χ2v) is 6.32. The molecule has 4 rings (SSSR count). The van der Waals surface area contributed by atoms with Gasteiger partial charge in [0.25, 0.3) is 11.2 Å². The van der Waals surface area contributed by atoms with E-state index in [0.29, 0.717) is 27.7 Å².